The minimum Gasteiger partial charge on any atom is -0.444 e. The number of aryl methyl sites for hydroxylation is 2. The quantitative estimate of drug-likeness (QED) is 0.366. The van der Waals surface area contributed by atoms with Crippen LogP contribution in [0.5, 0.6) is 0 Å². The van der Waals surface area contributed by atoms with Crippen LogP contribution in [-0.2, 0) is 11.3 Å². The minimum absolute atomic E-state index is 0.0969. The number of ether oxygens (including phenoxy) is 1. The summed E-state index contributed by atoms with van der Waals surface area (Å²) in [5.74, 6) is 5.63. The molecule has 2 amide bonds. The van der Waals surface area contributed by atoms with Crippen molar-refractivity contribution in [2.24, 2.45) is 0 Å². The summed E-state index contributed by atoms with van der Waals surface area (Å²) in [5.41, 5.74) is 2.98. The Bertz CT molecular complexity index is 1480. The number of H-pyrrole nitrogens is 1. The van der Waals surface area contributed by atoms with E-state index in [0.29, 0.717) is 16.7 Å². The highest BCUT2D eigenvalue weighted by Gasteiger charge is 2.32. The van der Waals surface area contributed by atoms with E-state index in [1.165, 1.54) is 0 Å². The number of nitrogens with one attached hydrogen (secondary N) is 2. The molecule has 3 N–H and O–H groups in total. The second-order valence-corrected chi connectivity index (χ2v) is 13.4. The van der Waals surface area contributed by atoms with Gasteiger partial charge in [0.15, 0.2) is 0 Å². The molecule has 0 saturated heterocycles. The molecule has 0 bridgehead atoms. The lowest BCUT2D eigenvalue weighted by molar-refractivity contribution is 0.0183. The second kappa shape index (κ2) is 13.9. The van der Waals surface area contributed by atoms with E-state index in [4.69, 9.17) is 4.74 Å². The second-order valence-electron chi connectivity index (χ2n) is 13.4. The van der Waals surface area contributed by atoms with Crippen molar-refractivity contribution in [1.29, 1.82) is 0 Å². The molecule has 0 aliphatic heterocycles. The van der Waals surface area contributed by atoms with Gasteiger partial charge in [-0.25, -0.2) is 4.79 Å². The van der Waals surface area contributed by atoms with E-state index >= 15 is 0 Å². The highest BCUT2D eigenvalue weighted by molar-refractivity contribution is 5.97. The number of pyridine rings is 1. The molecule has 1 fully saturated rings. The van der Waals surface area contributed by atoms with E-state index < -0.39 is 11.2 Å². The van der Waals surface area contributed by atoms with Gasteiger partial charge in [-0.15, -0.1) is 0 Å². The monoisotopic (exact) mass is 606 g/mol. The Morgan fingerprint density at radius 3 is 2.20 bits per heavy atom. The number of amides is 2. The third-order valence-electron chi connectivity index (χ3n) is 8.04. The van der Waals surface area contributed by atoms with E-state index in [1.54, 1.807) is 24.8 Å². The third-order valence-corrected chi connectivity index (χ3v) is 8.04. The van der Waals surface area contributed by atoms with Crippen LogP contribution in [0.4, 0.5) is 10.5 Å². The first-order valence-corrected chi connectivity index (χ1v) is 15.5. The molecule has 1 heterocycles. The van der Waals surface area contributed by atoms with Gasteiger partial charge >= 0.3 is 6.09 Å². The van der Waals surface area contributed by atoms with Crippen molar-refractivity contribution in [3.8, 4) is 11.8 Å². The molecule has 9 heteroatoms. The molecule has 0 unspecified atom stereocenters. The van der Waals surface area contributed by atoms with Crippen molar-refractivity contribution < 1.29 is 19.4 Å². The maximum atomic E-state index is 13.6. The molecule has 1 aromatic carbocycles. The van der Waals surface area contributed by atoms with E-state index in [9.17, 15) is 19.5 Å². The average Bonchev–Trinajstić information content (AvgIpc) is 2.91. The van der Waals surface area contributed by atoms with Crippen molar-refractivity contribution in [2.75, 3.05) is 18.5 Å². The normalized spacial score (nSPS) is 16.9. The number of carbonyl (C=O) groups excluding carboxylic acids is 2. The molecule has 1 saturated carbocycles. The predicted octanol–water partition coefficient (Wildman–Crippen LogP) is 5.36. The fourth-order valence-electron chi connectivity index (χ4n) is 5.76. The Morgan fingerprint density at radius 2 is 1.66 bits per heavy atom. The Hall–Kier alpha value is -3.77. The van der Waals surface area contributed by atoms with Crippen molar-refractivity contribution in [1.82, 2.24) is 15.2 Å². The molecule has 9 nitrogen and oxygen atoms in total. The van der Waals surface area contributed by atoms with Crippen molar-refractivity contribution in [3.05, 3.63) is 62.1 Å². The minimum atomic E-state index is -1.19. The molecule has 0 radical (unpaired) electrons. The maximum Gasteiger partial charge on any atom is 0.410 e. The summed E-state index contributed by atoms with van der Waals surface area (Å²) in [6.07, 6.45) is 3.13. The first kappa shape index (κ1) is 34.7. The standard InChI is InChI=1S/C35H50N4O5/c1-11-39(27-14-12-26(13-15-27)38(10)33(42)44-34(5,6)7)30-20-25(16-17-35(8,9)43)19-28(24(30)4)31(40)36-21-29-22(2)18-23(3)37-32(29)41/h18-20,26-27,43H,11-15,21H2,1-10H3,(H,36,40)(H,37,41). The number of hydrogen-bond acceptors (Lipinski definition) is 6. The zero-order valence-corrected chi connectivity index (χ0v) is 28.1. The Labute approximate surface area is 262 Å². The van der Waals surface area contributed by atoms with Gasteiger partial charge in [0, 0.05) is 60.3 Å². The van der Waals surface area contributed by atoms with Crippen LogP contribution < -0.4 is 15.8 Å². The van der Waals surface area contributed by atoms with E-state index in [1.807, 2.05) is 60.7 Å². The van der Waals surface area contributed by atoms with Crippen molar-refractivity contribution in [3.63, 3.8) is 0 Å². The number of aromatic amines is 1. The summed E-state index contributed by atoms with van der Waals surface area (Å²) < 4.78 is 5.58. The first-order chi connectivity index (χ1) is 20.4. The third kappa shape index (κ3) is 9.12. The average molecular weight is 607 g/mol. The molecule has 44 heavy (non-hydrogen) atoms. The molecule has 1 aliphatic rings. The zero-order chi connectivity index (χ0) is 33.0. The van der Waals surface area contributed by atoms with Crippen LogP contribution in [-0.4, -0.2) is 63.9 Å². The van der Waals surface area contributed by atoms with Crippen molar-refractivity contribution in [2.45, 2.75) is 118 Å². The summed E-state index contributed by atoms with van der Waals surface area (Å²) in [5, 5.41) is 13.2. The Kier molecular flexibility index (Phi) is 11.0. The number of carbonyl (C=O) groups is 2. The van der Waals surface area contributed by atoms with Crippen molar-refractivity contribution >= 4 is 17.7 Å². The molecule has 0 atom stereocenters. The lowest BCUT2D eigenvalue weighted by Gasteiger charge is -2.41. The van der Waals surface area contributed by atoms with Gasteiger partial charge in [-0.05, 0) is 117 Å². The highest BCUT2D eigenvalue weighted by Crippen LogP contribution is 2.33. The summed E-state index contributed by atoms with van der Waals surface area (Å²) in [6.45, 7) is 17.4. The summed E-state index contributed by atoms with van der Waals surface area (Å²) in [4.78, 5) is 45.7. The van der Waals surface area contributed by atoms with E-state index in [0.717, 1.165) is 54.7 Å². The lowest BCUT2D eigenvalue weighted by Crippen LogP contribution is -2.46. The van der Waals surface area contributed by atoms with Crippen LogP contribution >= 0.6 is 0 Å². The molecule has 240 valence electrons. The Balaban J connectivity index is 1.90. The molecule has 0 spiro atoms. The zero-order valence-electron chi connectivity index (χ0n) is 28.1. The molecule has 1 aliphatic carbocycles. The smallest absolute Gasteiger partial charge is 0.410 e. The molecular formula is C35H50N4O5. The van der Waals surface area contributed by atoms with Crippen LogP contribution in [0.2, 0.25) is 0 Å². The number of aromatic nitrogens is 1. The van der Waals surface area contributed by atoms with Gasteiger partial charge in [0.2, 0.25) is 0 Å². The summed E-state index contributed by atoms with van der Waals surface area (Å²) >= 11 is 0. The van der Waals surface area contributed by atoms with Crippen LogP contribution in [0.25, 0.3) is 0 Å². The molecule has 1 aromatic heterocycles. The van der Waals surface area contributed by atoms with Gasteiger partial charge in [0.25, 0.3) is 11.5 Å². The number of anilines is 1. The van der Waals surface area contributed by atoms with Gasteiger partial charge < -0.3 is 29.9 Å². The lowest BCUT2D eigenvalue weighted by atomic mass is 9.88. The molecular weight excluding hydrogens is 556 g/mol. The molecule has 3 rings (SSSR count). The SMILES string of the molecule is CCN(c1cc(C#CC(C)(C)O)cc(C(=O)NCc2c(C)cc(C)[nH]c2=O)c1C)C1CCC(N(C)C(=O)OC(C)(C)C)CC1. The van der Waals surface area contributed by atoms with E-state index in [-0.39, 0.29) is 36.2 Å². The van der Waals surface area contributed by atoms with Gasteiger partial charge in [-0.3, -0.25) is 9.59 Å². The van der Waals surface area contributed by atoms with E-state index in [2.05, 4.69) is 34.0 Å². The van der Waals surface area contributed by atoms with Gasteiger partial charge in [0.1, 0.15) is 11.2 Å². The topological polar surface area (TPSA) is 115 Å². The van der Waals surface area contributed by atoms with Crippen LogP contribution in [0.1, 0.15) is 106 Å². The van der Waals surface area contributed by atoms with Gasteiger partial charge in [-0.2, -0.15) is 0 Å². The summed E-state index contributed by atoms with van der Waals surface area (Å²) in [7, 11) is 1.81. The predicted molar refractivity (Wildman–Crippen MR) is 175 cm³/mol. The number of benzene rings is 1. The van der Waals surface area contributed by atoms with Crippen LogP contribution in [0, 0.1) is 32.6 Å². The number of aliphatic hydroxyl groups is 1. The number of nitrogens with zero attached hydrogens (tertiary/aromatic N) is 2. The molecule has 2 aromatic rings. The van der Waals surface area contributed by atoms with Crippen LogP contribution in [0.3, 0.4) is 0 Å². The van der Waals surface area contributed by atoms with Gasteiger partial charge in [-0.1, -0.05) is 11.8 Å². The highest BCUT2D eigenvalue weighted by atomic mass is 16.6. The summed E-state index contributed by atoms with van der Waals surface area (Å²) in [6, 6.07) is 5.93. The fraction of sp³-hybridized carbons (Fsp3) is 0.571. The first-order valence-electron chi connectivity index (χ1n) is 15.5. The maximum absolute atomic E-state index is 13.6. The van der Waals surface area contributed by atoms with Crippen LogP contribution in [0.15, 0.2) is 23.0 Å². The Morgan fingerprint density at radius 1 is 1.05 bits per heavy atom. The fourth-order valence-corrected chi connectivity index (χ4v) is 5.76. The largest absolute Gasteiger partial charge is 0.444 e. The number of hydrogen-bond donors (Lipinski definition) is 3. The van der Waals surface area contributed by atoms with Gasteiger partial charge in [0.05, 0.1) is 0 Å². The number of rotatable bonds is 7.